The van der Waals surface area contributed by atoms with Crippen LogP contribution in [-0.2, 0) is 21.3 Å². The predicted molar refractivity (Wildman–Crippen MR) is 73.7 cm³/mol. The Balaban J connectivity index is 1.83. The molecule has 2 saturated heterocycles. The highest BCUT2D eigenvalue weighted by atomic mass is 32.2. The average molecular weight is 314 g/mol. The number of hydrogen-bond acceptors (Lipinski definition) is 4. The van der Waals surface area contributed by atoms with Crippen LogP contribution in [0.4, 0.5) is 0 Å². The van der Waals surface area contributed by atoms with Crippen LogP contribution >= 0.6 is 0 Å². The van der Waals surface area contributed by atoms with Gasteiger partial charge in [0, 0.05) is 12.7 Å². The van der Waals surface area contributed by atoms with E-state index in [1.165, 1.54) is 16.8 Å². The van der Waals surface area contributed by atoms with Gasteiger partial charge >= 0.3 is 5.97 Å². The van der Waals surface area contributed by atoms with Crippen LogP contribution in [0.5, 0.6) is 0 Å². The Morgan fingerprint density at radius 3 is 2.76 bits per heavy atom. The van der Waals surface area contributed by atoms with E-state index in [-0.39, 0.29) is 28.8 Å². The van der Waals surface area contributed by atoms with E-state index in [0.29, 0.717) is 13.0 Å². The summed E-state index contributed by atoms with van der Waals surface area (Å²) in [6, 6.07) is 0.981. The zero-order chi connectivity index (χ0) is 15.2. The van der Waals surface area contributed by atoms with Crippen molar-refractivity contribution in [1.82, 2.24) is 9.29 Å². The third-order valence-corrected chi connectivity index (χ3v) is 5.61. The number of nitrogens with zero attached hydrogens (tertiary/aromatic N) is 1. The van der Waals surface area contributed by atoms with Crippen molar-refractivity contribution in [3.63, 3.8) is 0 Å². The number of carbonyl (C=O) groups is 1. The Bertz CT molecular complexity index is 666. The third kappa shape index (κ3) is 2.58. The molecule has 1 aromatic rings. The maximum absolute atomic E-state index is 12.4. The SMILES string of the molecule is CCn1cc(S(=O)(=O)NC2CC3CCC2O3)cc1C(=O)O. The smallest absolute Gasteiger partial charge is 0.352 e. The molecule has 3 atom stereocenters. The van der Waals surface area contributed by atoms with Crippen molar-refractivity contribution in [2.45, 2.75) is 55.9 Å². The second-order valence-corrected chi connectivity index (χ2v) is 7.20. The molecule has 0 amide bonds. The van der Waals surface area contributed by atoms with Gasteiger partial charge in [-0.15, -0.1) is 0 Å². The summed E-state index contributed by atoms with van der Waals surface area (Å²) >= 11 is 0. The van der Waals surface area contributed by atoms with Crippen LogP contribution in [0.1, 0.15) is 36.7 Å². The lowest BCUT2D eigenvalue weighted by atomic mass is 9.96. The number of aromatic nitrogens is 1. The number of aryl methyl sites for hydroxylation is 1. The van der Waals surface area contributed by atoms with Crippen molar-refractivity contribution in [2.75, 3.05) is 0 Å². The molecule has 8 heteroatoms. The maximum atomic E-state index is 12.4. The van der Waals surface area contributed by atoms with Gasteiger partial charge in [0.25, 0.3) is 0 Å². The Morgan fingerprint density at radius 1 is 1.52 bits per heavy atom. The van der Waals surface area contributed by atoms with Gasteiger partial charge in [0.05, 0.1) is 18.2 Å². The number of carboxylic acids is 1. The highest BCUT2D eigenvalue weighted by molar-refractivity contribution is 7.89. The lowest BCUT2D eigenvalue weighted by Gasteiger charge is -2.19. The van der Waals surface area contributed by atoms with E-state index >= 15 is 0 Å². The first-order chi connectivity index (χ1) is 9.90. The first-order valence-corrected chi connectivity index (χ1v) is 8.50. The summed E-state index contributed by atoms with van der Waals surface area (Å²) in [5, 5.41) is 9.09. The van der Waals surface area contributed by atoms with Gasteiger partial charge in [0.1, 0.15) is 10.6 Å². The van der Waals surface area contributed by atoms with E-state index in [0.717, 1.165) is 12.8 Å². The molecule has 2 fully saturated rings. The molecule has 3 rings (SSSR count). The van der Waals surface area contributed by atoms with Crippen LogP contribution in [0.25, 0.3) is 0 Å². The monoisotopic (exact) mass is 314 g/mol. The van der Waals surface area contributed by atoms with Gasteiger partial charge in [0.15, 0.2) is 0 Å². The summed E-state index contributed by atoms with van der Waals surface area (Å²) in [6.07, 6.45) is 3.99. The highest BCUT2D eigenvalue weighted by Gasteiger charge is 2.42. The minimum Gasteiger partial charge on any atom is -0.477 e. The fraction of sp³-hybridized carbons (Fsp3) is 0.615. The van der Waals surface area contributed by atoms with E-state index in [1.807, 2.05) is 0 Å². The second-order valence-electron chi connectivity index (χ2n) is 5.49. The van der Waals surface area contributed by atoms with Crippen molar-refractivity contribution < 1.29 is 23.1 Å². The molecular weight excluding hydrogens is 296 g/mol. The molecule has 2 aliphatic rings. The topological polar surface area (TPSA) is 97.6 Å². The predicted octanol–water partition coefficient (Wildman–Crippen LogP) is 0.804. The quantitative estimate of drug-likeness (QED) is 0.838. The van der Waals surface area contributed by atoms with Gasteiger partial charge in [-0.25, -0.2) is 17.9 Å². The largest absolute Gasteiger partial charge is 0.477 e. The fourth-order valence-corrected chi connectivity index (χ4v) is 4.42. The molecule has 0 radical (unpaired) electrons. The molecule has 116 valence electrons. The molecule has 0 spiro atoms. The minimum absolute atomic E-state index is 0.00970. The number of sulfonamides is 1. The lowest BCUT2D eigenvalue weighted by Crippen LogP contribution is -2.41. The van der Waals surface area contributed by atoms with Gasteiger partial charge in [0.2, 0.25) is 10.0 Å². The average Bonchev–Trinajstić information content (AvgIpc) is 3.12. The first kappa shape index (κ1) is 14.6. The highest BCUT2D eigenvalue weighted by Crippen LogP contribution is 2.35. The molecule has 2 N–H and O–H groups in total. The molecule has 7 nitrogen and oxygen atoms in total. The van der Waals surface area contributed by atoms with Gasteiger partial charge < -0.3 is 14.4 Å². The Morgan fingerprint density at radius 2 is 2.29 bits per heavy atom. The zero-order valence-corrected chi connectivity index (χ0v) is 12.5. The summed E-state index contributed by atoms with van der Waals surface area (Å²) in [5.41, 5.74) is -0.0259. The molecule has 21 heavy (non-hydrogen) atoms. The molecule has 2 bridgehead atoms. The molecule has 1 aromatic heterocycles. The summed E-state index contributed by atoms with van der Waals surface area (Å²) < 4.78 is 34.5. The van der Waals surface area contributed by atoms with Gasteiger partial charge in [-0.2, -0.15) is 0 Å². The summed E-state index contributed by atoms with van der Waals surface area (Å²) in [4.78, 5) is 11.1. The van der Waals surface area contributed by atoms with E-state index in [4.69, 9.17) is 9.84 Å². The van der Waals surface area contributed by atoms with Crippen molar-refractivity contribution in [2.24, 2.45) is 0 Å². The molecule has 0 saturated carbocycles. The number of carboxylic acid groups (broad SMARTS) is 1. The third-order valence-electron chi connectivity index (χ3n) is 4.15. The van der Waals surface area contributed by atoms with Crippen LogP contribution in [0, 0.1) is 0 Å². The molecule has 3 heterocycles. The normalized spacial score (nSPS) is 28.1. The minimum atomic E-state index is -3.73. The number of nitrogens with one attached hydrogen (secondary N) is 1. The fourth-order valence-electron chi connectivity index (χ4n) is 3.10. The maximum Gasteiger partial charge on any atom is 0.352 e. The Kier molecular flexibility index (Phi) is 3.54. The van der Waals surface area contributed by atoms with Crippen molar-refractivity contribution in [3.8, 4) is 0 Å². The van der Waals surface area contributed by atoms with Crippen LogP contribution in [-0.4, -0.2) is 42.3 Å². The Hall–Kier alpha value is -1.38. The van der Waals surface area contributed by atoms with Gasteiger partial charge in [-0.05, 0) is 32.3 Å². The van der Waals surface area contributed by atoms with Crippen LogP contribution < -0.4 is 4.72 Å². The van der Waals surface area contributed by atoms with E-state index < -0.39 is 16.0 Å². The molecule has 0 aromatic carbocycles. The van der Waals surface area contributed by atoms with Gasteiger partial charge in [-0.1, -0.05) is 0 Å². The molecular formula is C13H18N2O5S. The van der Waals surface area contributed by atoms with Crippen molar-refractivity contribution in [1.29, 1.82) is 0 Å². The first-order valence-electron chi connectivity index (χ1n) is 7.02. The molecule has 3 unspecified atom stereocenters. The summed E-state index contributed by atoms with van der Waals surface area (Å²) in [6.45, 7) is 2.16. The number of fused-ring (bicyclic) bond motifs is 2. The van der Waals surface area contributed by atoms with E-state index in [1.54, 1.807) is 6.92 Å². The number of hydrogen-bond donors (Lipinski definition) is 2. The standard InChI is InChI=1S/C13H18N2O5S/c1-2-15-7-9(6-11(15)13(16)17)21(18,19)14-10-5-8-3-4-12(10)20-8/h6-8,10,12,14H,2-5H2,1H3,(H,16,17). The summed E-state index contributed by atoms with van der Waals surface area (Å²) in [5.74, 6) is -1.14. The Labute approximate surface area is 123 Å². The lowest BCUT2D eigenvalue weighted by molar-refractivity contribution is 0.0685. The molecule has 2 aliphatic heterocycles. The number of rotatable bonds is 5. The van der Waals surface area contributed by atoms with Crippen LogP contribution in [0.15, 0.2) is 17.2 Å². The van der Waals surface area contributed by atoms with Crippen molar-refractivity contribution >= 4 is 16.0 Å². The van der Waals surface area contributed by atoms with E-state index in [9.17, 15) is 13.2 Å². The molecule has 0 aliphatic carbocycles. The number of aromatic carboxylic acids is 1. The zero-order valence-electron chi connectivity index (χ0n) is 11.7. The van der Waals surface area contributed by atoms with Crippen molar-refractivity contribution in [3.05, 3.63) is 18.0 Å². The van der Waals surface area contributed by atoms with Crippen LogP contribution in [0.2, 0.25) is 0 Å². The second kappa shape index (κ2) is 5.11. The summed E-state index contributed by atoms with van der Waals surface area (Å²) in [7, 11) is -3.73. The van der Waals surface area contributed by atoms with E-state index in [2.05, 4.69) is 4.72 Å². The van der Waals surface area contributed by atoms with Gasteiger partial charge in [-0.3, -0.25) is 0 Å². The van der Waals surface area contributed by atoms with Crippen LogP contribution in [0.3, 0.4) is 0 Å². The number of ether oxygens (including phenoxy) is 1.